The average Bonchev–Trinajstić information content (AvgIpc) is 2.42. The molecule has 0 unspecified atom stereocenters. The van der Waals surface area contributed by atoms with Crippen molar-refractivity contribution >= 4 is 23.4 Å². The van der Waals surface area contributed by atoms with E-state index in [1.54, 1.807) is 0 Å². The molecule has 0 bridgehead atoms. The summed E-state index contributed by atoms with van der Waals surface area (Å²) in [7, 11) is 0. The highest BCUT2D eigenvalue weighted by Crippen LogP contribution is 2.25. The monoisotopic (exact) mass is 301 g/mol. The van der Waals surface area contributed by atoms with E-state index < -0.39 is 34.0 Å². The first-order chi connectivity index (χ1) is 9.86. The summed E-state index contributed by atoms with van der Waals surface area (Å²) in [6.07, 6.45) is -1.02. The lowest BCUT2D eigenvalue weighted by Gasteiger charge is -2.08. The number of primary amides is 1. The van der Waals surface area contributed by atoms with Crippen LogP contribution in [-0.2, 0) is 4.74 Å². The van der Waals surface area contributed by atoms with Gasteiger partial charge in [-0.3, -0.25) is 20.8 Å². The first kappa shape index (κ1) is 16.1. The summed E-state index contributed by atoms with van der Waals surface area (Å²) >= 11 is 0. The zero-order valence-corrected chi connectivity index (χ0v) is 10.6. The number of nitro benzene ring substituents is 1. The van der Waals surface area contributed by atoms with Gasteiger partial charge in [0.25, 0.3) is 11.6 Å². The topological polar surface area (TPSA) is 163 Å². The van der Waals surface area contributed by atoms with Crippen LogP contribution in [0.1, 0.15) is 10.4 Å². The molecule has 0 spiro atoms. The predicted molar refractivity (Wildman–Crippen MR) is 68.7 cm³/mol. The van der Waals surface area contributed by atoms with E-state index in [1.165, 1.54) is 0 Å². The lowest BCUT2D eigenvalue weighted by atomic mass is 10.1. The molecule has 10 nitrogen and oxygen atoms in total. The van der Waals surface area contributed by atoms with Gasteiger partial charge in [-0.05, 0) is 6.07 Å². The highest BCUT2D eigenvalue weighted by atomic mass is 19.1. The third-order valence-corrected chi connectivity index (χ3v) is 2.31. The Morgan fingerprint density at radius 2 is 2.10 bits per heavy atom. The molecule has 0 atom stereocenters. The number of amides is 2. The van der Waals surface area contributed by atoms with Crippen LogP contribution in [0.3, 0.4) is 0 Å². The molecule has 11 heteroatoms. The number of hydrogen-bond acceptors (Lipinski definition) is 7. The number of nitrogens with one attached hydrogen (secondary N) is 2. The molecule has 21 heavy (non-hydrogen) atoms. The maximum Gasteiger partial charge on any atom is 0.404 e. The second-order valence-corrected chi connectivity index (χ2v) is 3.67. The number of carbonyl (C=O) groups is 2. The van der Waals surface area contributed by atoms with E-state index >= 15 is 0 Å². The Morgan fingerprint density at radius 3 is 2.62 bits per heavy atom. The fraction of sp³-hybridized carbons (Fsp3) is 0.200. The Morgan fingerprint density at radius 1 is 1.43 bits per heavy atom. The van der Waals surface area contributed by atoms with Gasteiger partial charge >= 0.3 is 6.09 Å². The molecule has 0 aliphatic rings. The lowest BCUT2D eigenvalue weighted by Crippen LogP contribution is -2.29. The predicted octanol–water partition coefficient (Wildman–Crippen LogP) is -0.155. The number of rotatable bonds is 6. The molecule has 114 valence electrons. The number of benzene rings is 1. The van der Waals surface area contributed by atoms with Crippen LogP contribution >= 0.6 is 0 Å². The summed E-state index contributed by atoms with van der Waals surface area (Å²) < 4.78 is 17.8. The normalized spacial score (nSPS) is 9.81. The molecule has 0 aliphatic carbocycles. The van der Waals surface area contributed by atoms with Crippen LogP contribution in [0.4, 0.5) is 20.6 Å². The van der Waals surface area contributed by atoms with Crippen molar-refractivity contribution in [3.63, 3.8) is 0 Å². The summed E-state index contributed by atoms with van der Waals surface area (Å²) in [4.78, 5) is 32.0. The average molecular weight is 301 g/mol. The molecule has 0 radical (unpaired) electrons. The summed E-state index contributed by atoms with van der Waals surface area (Å²) in [6.45, 7) is -0.334. The minimum absolute atomic E-state index is 0.123. The molecule has 0 aromatic heterocycles. The van der Waals surface area contributed by atoms with Crippen molar-refractivity contribution in [2.75, 3.05) is 18.6 Å². The number of hydrazine groups is 1. The SMILES string of the molecule is NNc1cc(C(=O)NCCOC(N)=O)c([N+](=O)[O-])cc1F. The highest BCUT2D eigenvalue weighted by Gasteiger charge is 2.23. The van der Waals surface area contributed by atoms with Crippen molar-refractivity contribution in [1.29, 1.82) is 0 Å². The number of halogens is 1. The molecule has 1 rings (SSSR count). The van der Waals surface area contributed by atoms with Gasteiger partial charge in [-0.25, -0.2) is 9.18 Å². The third-order valence-electron chi connectivity index (χ3n) is 2.31. The fourth-order valence-electron chi connectivity index (χ4n) is 1.42. The van der Waals surface area contributed by atoms with E-state index in [0.29, 0.717) is 6.07 Å². The molecular formula is C10H12FN5O5. The van der Waals surface area contributed by atoms with E-state index in [-0.39, 0.29) is 18.8 Å². The quantitative estimate of drug-likeness (QED) is 0.245. The Kier molecular flexibility index (Phi) is 5.37. The number of carbonyl (C=O) groups excluding carboxylic acids is 2. The number of nitrogens with two attached hydrogens (primary N) is 2. The maximum absolute atomic E-state index is 13.4. The van der Waals surface area contributed by atoms with Gasteiger partial charge in [0.15, 0.2) is 5.82 Å². The van der Waals surface area contributed by atoms with Crippen molar-refractivity contribution < 1.29 is 23.6 Å². The van der Waals surface area contributed by atoms with Crippen LogP contribution in [0, 0.1) is 15.9 Å². The van der Waals surface area contributed by atoms with E-state index in [9.17, 15) is 24.1 Å². The molecule has 0 aliphatic heterocycles. The van der Waals surface area contributed by atoms with Gasteiger partial charge in [0.05, 0.1) is 23.2 Å². The molecule has 0 fully saturated rings. The molecule has 2 amide bonds. The number of nitrogens with zero attached hydrogens (tertiary/aromatic N) is 1. The molecule has 0 saturated carbocycles. The van der Waals surface area contributed by atoms with E-state index in [4.69, 9.17) is 11.6 Å². The van der Waals surface area contributed by atoms with Crippen LogP contribution in [-0.4, -0.2) is 30.1 Å². The second-order valence-electron chi connectivity index (χ2n) is 3.67. The number of hydrogen-bond donors (Lipinski definition) is 4. The number of anilines is 1. The second kappa shape index (κ2) is 7.00. The Bertz CT molecular complexity index is 579. The van der Waals surface area contributed by atoms with Crippen molar-refractivity contribution in [1.82, 2.24) is 5.32 Å². The minimum atomic E-state index is -1.02. The van der Waals surface area contributed by atoms with Crippen LogP contribution in [0.2, 0.25) is 0 Å². The van der Waals surface area contributed by atoms with Gasteiger partial charge in [-0.2, -0.15) is 0 Å². The van der Waals surface area contributed by atoms with E-state index in [2.05, 4.69) is 10.1 Å². The first-order valence-corrected chi connectivity index (χ1v) is 5.51. The smallest absolute Gasteiger partial charge is 0.404 e. The molecule has 6 N–H and O–H groups in total. The Labute approximate surface area is 117 Å². The zero-order valence-electron chi connectivity index (χ0n) is 10.6. The third kappa shape index (κ3) is 4.28. The molecule has 0 saturated heterocycles. The molecule has 1 aromatic rings. The highest BCUT2D eigenvalue weighted by molar-refractivity contribution is 5.99. The van der Waals surface area contributed by atoms with Crippen LogP contribution in [0.25, 0.3) is 0 Å². The van der Waals surface area contributed by atoms with Crippen LogP contribution in [0.5, 0.6) is 0 Å². The molecule has 0 heterocycles. The Hall–Kier alpha value is -2.95. The van der Waals surface area contributed by atoms with Crippen molar-refractivity contribution in [3.8, 4) is 0 Å². The summed E-state index contributed by atoms with van der Waals surface area (Å²) in [6, 6.07) is 1.47. The largest absolute Gasteiger partial charge is 0.448 e. The van der Waals surface area contributed by atoms with E-state index in [1.807, 2.05) is 5.43 Å². The van der Waals surface area contributed by atoms with Crippen LogP contribution < -0.4 is 22.3 Å². The summed E-state index contributed by atoms with van der Waals surface area (Å²) in [5, 5.41) is 13.1. The number of ether oxygens (including phenoxy) is 1. The van der Waals surface area contributed by atoms with Gasteiger partial charge in [0.2, 0.25) is 0 Å². The van der Waals surface area contributed by atoms with Crippen molar-refractivity contribution in [3.05, 3.63) is 33.6 Å². The van der Waals surface area contributed by atoms with Gasteiger partial charge < -0.3 is 21.2 Å². The standard InChI is InChI=1S/C10H12FN5O5/c11-6-4-8(16(19)20)5(3-7(6)15-13)9(17)14-1-2-21-10(12)18/h3-4,15H,1-2,13H2,(H2,12,18)(H,14,17). The van der Waals surface area contributed by atoms with Gasteiger partial charge in [0, 0.05) is 0 Å². The van der Waals surface area contributed by atoms with Gasteiger partial charge in [-0.15, -0.1) is 0 Å². The Balaban J connectivity index is 2.91. The van der Waals surface area contributed by atoms with Gasteiger partial charge in [-0.1, -0.05) is 0 Å². The summed E-state index contributed by atoms with van der Waals surface area (Å²) in [5.74, 6) is 3.21. The lowest BCUT2D eigenvalue weighted by molar-refractivity contribution is -0.385. The molecule has 1 aromatic carbocycles. The van der Waals surface area contributed by atoms with Crippen molar-refractivity contribution in [2.45, 2.75) is 0 Å². The first-order valence-electron chi connectivity index (χ1n) is 5.51. The number of nitro groups is 1. The molecular weight excluding hydrogens is 289 g/mol. The van der Waals surface area contributed by atoms with Crippen molar-refractivity contribution in [2.24, 2.45) is 11.6 Å². The van der Waals surface area contributed by atoms with E-state index in [0.717, 1.165) is 6.07 Å². The minimum Gasteiger partial charge on any atom is -0.448 e. The summed E-state index contributed by atoms with van der Waals surface area (Å²) in [5.41, 5.74) is 5.29. The van der Waals surface area contributed by atoms with Gasteiger partial charge in [0.1, 0.15) is 12.2 Å². The number of nitrogen functional groups attached to an aromatic ring is 1. The van der Waals surface area contributed by atoms with Crippen LogP contribution in [0.15, 0.2) is 12.1 Å². The fourth-order valence-corrected chi connectivity index (χ4v) is 1.42. The maximum atomic E-state index is 13.4. The zero-order chi connectivity index (χ0) is 16.0.